The van der Waals surface area contributed by atoms with Gasteiger partial charge in [-0.05, 0) is 19.3 Å². The van der Waals surface area contributed by atoms with Gasteiger partial charge in [0.2, 0.25) is 0 Å². The molecule has 0 fully saturated rings. The van der Waals surface area contributed by atoms with Crippen LogP contribution >= 0.6 is 0 Å². The van der Waals surface area contributed by atoms with Crippen LogP contribution in [0.1, 0.15) is 34.6 Å². The lowest BCUT2D eigenvalue weighted by atomic mass is 9.99. The third-order valence-corrected chi connectivity index (χ3v) is 1.40. The molecule has 0 aliphatic rings. The summed E-state index contributed by atoms with van der Waals surface area (Å²) in [5.41, 5.74) is 1.30. The van der Waals surface area contributed by atoms with Crippen LogP contribution in [0.5, 0.6) is 0 Å². The lowest BCUT2D eigenvalue weighted by Gasteiger charge is -2.12. The zero-order valence-corrected chi connectivity index (χ0v) is 8.31. The number of hydrogen-bond acceptors (Lipinski definition) is 1. The van der Waals surface area contributed by atoms with Gasteiger partial charge in [0.25, 0.3) is 0 Å². The summed E-state index contributed by atoms with van der Waals surface area (Å²) >= 11 is 0. The van der Waals surface area contributed by atoms with E-state index in [0.717, 1.165) is 5.57 Å². The van der Waals surface area contributed by atoms with E-state index in [0.29, 0.717) is 0 Å². The molecule has 0 bridgehead atoms. The Morgan fingerprint density at radius 3 is 2.18 bits per heavy atom. The Labute approximate surface area is 70.2 Å². The molecule has 0 rings (SSSR count). The van der Waals surface area contributed by atoms with Crippen molar-refractivity contribution in [2.75, 3.05) is 0 Å². The molecule has 1 atom stereocenters. The van der Waals surface area contributed by atoms with E-state index >= 15 is 0 Å². The summed E-state index contributed by atoms with van der Waals surface area (Å²) < 4.78 is 0. The predicted molar refractivity (Wildman–Crippen MR) is 52.2 cm³/mol. The average Bonchev–Trinajstić information content (AvgIpc) is 1.80. The summed E-state index contributed by atoms with van der Waals surface area (Å²) in [5.74, 6) is 0. The van der Waals surface area contributed by atoms with Crippen LogP contribution in [0.2, 0.25) is 0 Å². The Kier molecular flexibility index (Phi) is 3.50. The van der Waals surface area contributed by atoms with E-state index in [2.05, 4.69) is 39.3 Å². The maximum atomic E-state index is 4.37. The minimum Gasteiger partial charge on any atom is -0.290 e. The van der Waals surface area contributed by atoms with Crippen molar-refractivity contribution in [3.8, 4) is 0 Å². The number of nitrogens with zero attached hydrogens (tertiary/aromatic N) is 1. The molecule has 0 aliphatic heterocycles. The van der Waals surface area contributed by atoms with Gasteiger partial charge in [-0.25, -0.2) is 0 Å². The van der Waals surface area contributed by atoms with Crippen LogP contribution in [0.15, 0.2) is 17.1 Å². The largest absolute Gasteiger partial charge is 0.290 e. The van der Waals surface area contributed by atoms with Gasteiger partial charge in [-0.15, -0.1) is 0 Å². The summed E-state index contributed by atoms with van der Waals surface area (Å²) in [7, 11) is 0. The maximum Gasteiger partial charge on any atom is 0.0671 e. The van der Waals surface area contributed by atoms with Gasteiger partial charge >= 0.3 is 0 Å². The van der Waals surface area contributed by atoms with Crippen molar-refractivity contribution in [3.05, 3.63) is 12.2 Å². The summed E-state index contributed by atoms with van der Waals surface area (Å²) in [6.07, 6.45) is 1.99. The standard InChI is InChI=1S/C10H19N/c1-8(2)9(3)11-7-10(4,5)6/h7,9H,1H2,2-6H3/b11-7+. The van der Waals surface area contributed by atoms with Crippen LogP contribution in [0.25, 0.3) is 0 Å². The molecule has 11 heavy (non-hydrogen) atoms. The van der Waals surface area contributed by atoms with Crippen LogP contribution in [-0.2, 0) is 0 Å². The average molecular weight is 153 g/mol. The molecule has 0 aromatic carbocycles. The van der Waals surface area contributed by atoms with Crippen molar-refractivity contribution in [3.63, 3.8) is 0 Å². The Morgan fingerprint density at radius 1 is 1.45 bits per heavy atom. The first-order valence-corrected chi connectivity index (χ1v) is 4.02. The topological polar surface area (TPSA) is 12.4 Å². The molecule has 0 amide bonds. The molecular formula is C10H19N. The third-order valence-electron chi connectivity index (χ3n) is 1.40. The van der Waals surface area contributed by atoms with Gasteiger partial charge in [-0.1, -0.05) is 32.9 Å². The van der Waals surface area contributed by atoms with E-state index in [4.69, 9.17) is 0 Å². The number of rotatable bonds is 2. The van der Waals surface area contributed by atoms with Crippen molar-refractivity contribution in [2.45, 2.75) is 40.7 Å². The van der Waals surface area contributed by atoms with Gasteiger partial charge in [-0.3, -0.25) is 4.99 Å². The Hall–Kier alpha value is -0.590. The summed E-state index contributed by atoms with van der Waals surface area (Å²) in [5, 5.41) is 0. The predicted octanol–water partition coefficient (Wildman–Crippen LogP) is 3.07. The lowest BCUT2D eigenvalue weighted by molar-refractivity contribution is 0.601. The van der Waals surface area contributed by atoms with Crippen LogP contribution in [0.4, 0.5) is 0 Å². The molecule has 0 saturated carbocycles. The molecule has 64 valence electrons. The van der Waals surface area contributed by atoms with E-state index in [1.54, 1.807) is 0 Å². The van der Waals surface area contributed by atoms with Crippen molar-refractivity contribution in [1.29, 1.82) is 0 Å². The van der Waals surface area contributed by atoms with Gasteiger partial charge in [-0.2, -0.15) is 0 Å². The Morgan fingerprint density at radius 2 is 1.91 bits per heavy atom. The van der Waals surface area contributed by atoms with Gasteiger partial charge in [0, 0.05) is 6.21 Å². The lowest BCUT2D eigenvalue weighted by Crippen LogP contribution is -2.09. The minimum absolute atomic E-state index is 0.184. The fourth-order valence-electron chi connectivity index (χ4n) is 0.463. The normalized spacial score (nSPS) is 15.4. The second-order valence-electron chi connectivity index (χ2n) is 4.17. The summed E-state index contributed by atoms with van der Waals surface area (Å²) in [6.45, 7) is 14.3. The fourth-order valence-corrected chi connectivity index (χ4v) is 0.463. The van der Waals surface area contributed by atoms with Crippen LogP contribution in [0.3, 0.4) is 0 Å². The molecule has 0 radical (unpaired) electrons. The van der Waals surface area contributed by atoms with Crippen LogP contribution in [-0.4, -0.2) is 12.3 Å². The zero-order chi connectivity index (χ0) is 9.07. The molecule has 0 aromatic rings. The fraction of sp³-hybridized carbons (Fsp3) is 0.700. The van der Waals surface area contributed by atoms with Crippen molar-refractivity contribution in [1.82, 2.24) is 0 Å². The van der Waals surface area contributed by atoms with Crippen LogP contribution < -0.4 is 0 Å². The monoisotopic (exact) mass is 153 g/mol. The van der Waals surface area contributed by atoms with E-state index in [9.17, 15) is 0 Å². The molecule has 1 heteroatoms. The Balaban J connectivity index is 4.04. The Bertz CT molecular complexity index is 160. The first kappa shape index (κ1) is 10.4. The van der Waals surface area contributed by atoms with E-state index in [-0.39, 0.29) is 11.5 Å². The van der Waals surface area contributed by atoms with E-state index in [1.807, 2.05) is 13.1 Å². The van der Waals surface area contributed by atoms with Gasteiger partial charge in [0.05, 0.1) is 6.04 Å². The first-order valence-electron chi connectivity index (χ1n) is 4.02. The van der Waals surface area contributed by atoms with Crippen molar-refractivity contribution in [2.24, 2.45) is 10.4 Å². The molecule has 1 nitrogen and oxygen atoms in total. The number of aliphatic imine (C=N–C) groups is 1. The smallest absolute Gasteiger partial charge is 0.0671 e. The van der Waals surface area contributed by atoms with Gasteiger partial charge in [0.15, 0.2) is 0 Å². The highest BCUT2D eigenvalue weighted by molar-refractivity contribution is 5.64. The molecule has 0 N–H and O–H groups in total. The quantitative estimate of drug-likeness (QED) is 0.427. The third kappa shape index (κ3) is 5.84. The molecule has 0 saturated heterocycles. The molecule has 0 aliphatic carbocycles. The highest BCUT2D eigenvalue weighted by atomic mass is 14.8. The van der Waals surface area contributed by atoms with Gasteiger partial charge in [0.1, 0.15) is 0 Å². The van der Waals surface area contributed by atoms with Crippen LogP contribution in [0, 0.1) is 5.41 Å². The first-order chi connectivity index (χ1) is 4.83. The zero-order valence-electron chi connectivity index (χ0n) is 8.31. The molecule has 0 heterocycles. The van der Waals surface area contributed by atoms with Crippen molar-refractivity contribution >= 4 is 6.21 Å². The maximum absolute atomic E-state index is 4.37. The number of hydrogen-bond donors (Lipinski definition) is 0. The molecular weight excluding hydrogens is 134 g/mol. The van der Waals surface area contributed by atoms with E-state index in [1.165, 1.54) is 0 Å². The summed E-state index contributed by atoms with van der Waals surface area (Å²) in [6, 6.07) is 0.259. The molecule has 0 aromatic heterocycles. The summed E-state index contributed by atoms with van der Waals surface area (Å²) in [4.78, 5) is 4.37. The minimum atomic E-state index is 0.184. The second kappa shape index (κ2) is 3.70. The highest BCUT2D eigenvalue weighted by Gasteiger charge is 2.06. The van der Waals surface area contributed by atoms with Gasteiger partial charge < -0.3 is 0 Å². The van der Waals surface area contributed by atoms with Crippen molar-refractivity contribution < 1.29 is 0 Å². The second-order valence-corrected chi connectivity index (χ2v) is 4.17. The SMILES string of the molecule is C=C(C)C(C)/N=C/C(C)(C)C. The highest BCUT2D eigenvalue weighted by Crippen LogP contribution is 2.10. The van der Waals surface area contributed by atoms with E-state index < -0.39 is 0 Å². The molecule has 0 spiro atoms. The molecule has 1 unspecified atom stereocenters.